The van der Waals surface area contributed by atoms with E-state index < -0.39 is 0 Å². The lowest BCUT2D eigenvalue weighted by Crippen LogP contribution is -2.19. The lowest BCUT2D eigenvalue weighted by molar-refractivity contribution is 0.198. The van der Waals surface area contributed by atoms with Crippen LogP contribution in [0.4, 0.5) is 4.39 Å². The van der Waals surface area contributed by atoms with Crippen molar-refractivity contribution >= 4 is 0 Å². The zero-order chi connectivity index (χ0) is 14.1. The summed E-state index contributed by atoms with van der Waals surface area (Å²) in [5.74, 6) is 1.02. The Kier molecular flexibility index (Phi) is 7.45. The van der Waals surface area contributed by atoms with Gasteiger partial charge in [0.1, 0.15) is 11.6 Å². The molecule has 19 heavy (non-hydrogen) atoms. The minimum atomic E-state index is -0.237. The molecule has 0 bridgehead atoms. The van der Waals surface area contributed by atoms with E-state index in [2.05, 4.69) is 19.2 Å². The van der Waals surface area contributed by atoms with Crippen LogP contribution in [0.3, 0.4) is 0 Å². The van der Waals surface area contributed by atoms with Crippen LogP contribution in [-0.2, 0) is 11.3 Å². The van der Waals surface area contributed by atoms with E-state index >= 15 is 0 Å². The summed E-state index contributed by atoms with van der Waals surface area (Å²) in [7, 11) is 1.66. The van der Waals surface area contributed by atoms with Gasteiger partial charge < -0.3 is 14.8 Å². The predicted octanol–water partition coefficient (Wildman–Crippen LogP) is 2.99. The number of halogens is 1. The first-order chi connectivity index (χ1) is 9.17. The van der Waals surface area contributed by atoms with Gasteiger partial charge in [-0.05, 0) is 24.1 Å². The van der Waals surface area contributed by atoms with Crippen LogP contribution >= 0.6 is 0 Å². The average Bonchev–Trinajstić information content (AvgIpc) is 2.42. The quantitative estimate of drug-likeness (QED) is 0.699. The monoisotopic (exact) mass is 269 g/mol. The first kappa shape index (κ1) is 15.9. The van der Waals surface area contributed by atoms with Gasteiger partial charge in [0, 0.05) is 25.8 Å². The fourth-order valence-corrected chi connectivity index (χ4v) is 1.57. The van der Waals surface area contributed by atoms with E-state index in [1.165, 1.54) is 12.1 Å². The van der Waals surface area contributed by atoms with Crippen LogP contribution in [0, 0.1) is 11.7 Å². The van der Waals surface area contributed by atoms with Crippen LogP contribution in [0.1, 0.15) is 25.8 Å². The summed E-state index contributed by atoms with van der Waals surface area (Å²) >= 11 is 0. The summed E-state index contributed by atoms with van der Waals surface area (Å²) in [4.78, 5) is 0. The largest absolute Gasteiger partial charge is 0.493 e. The summed E-state index contributed by atoms with van der Waals surface area (Å²) < 4.78 is 24.0. The zero-order valence-corrected chi connectivity index (χ0v) is 12.0. The first-order valence-electron chi connectivity index (χ1n) is 6.78. The molecule has 0 fully saturated rings. The molecule has 1 rings (SSSR count). The Morgan fingerprint density at radius 1 is 1.37 bits per heavy atom. The van der Waals surface area contributed by atoms with Crippen molar-refractivity contribution in [1.29, 1.82) is 0 Å². The third-order valence-corrected chi connectivity index (χ3v) is 3.04. The number of nitrogens with one attached hydrogen (secondary N) is 1. The zero-order valence-electron chi connectivity index (χ0n) is 12.0. The van der Waals surface area contributed by atoms with Crippen LogP contribution in [0.2, 0.25) is 0 Å². The van der Waals surface area contributed by atoms with Gasteiger partial charge in [0.2, 0.25) is 0 Å². The van der Waals surface area contributed by atoms with E-state index in [4.69, 9.17) is 9.47 Å². The SMILES string of the molecule is CCC(C)COc1ccc(F)cc1CNCCOC. The molecule has 0 aliphatic heterocycles. The molecule has 0 saturated heterocycles. The van der Waals surface area contributed by atoms with Gasteiger partial charge in [-0.1, -0.05) is 20.3 Å². The molecule has 0 spiro atoms. The number of rotatable bonds is 9. The van der Waals surface area contributed by atoms with Crippen molar-refractivity contribution in [2.45, 2.75) is 26.8 Å². The minimum Gasteiger partial charge on any atom is -0.493 e. The molecule has 0 aliphatic carbocycles. The molecular formula is C15H24FNO2. The molecule has 1 unspecified atom stereocenters. The predicted molar refractivity (Wildman–Crippen MR) is 74.9 cm³/mol. The van der Waals surface area contributed by atoms with Gasteiger partial charge in [-0.25, -0.2) is 4.39 Å². The van der Waals surface area contributed by atoms with Crippen molar-refractivity contribution in [1.82, 2.24) is 5.32 Å². The highest BCUT2D eigenvalue weighted by molar-refractivity contribution is 5.33. The maximum absolute atomic E-state index is 13.3. The van der Waals surface area contributed by atoms with Gasteiger partial charge in [-0.2, -0.15) is 0 Å². The van der Waals surface area contributed by atoms with E-state index in [9.17, 15) is 4.39 Å². The van der Waals surface area contributed by atoms with E-state index in [0.29, 0.717) is 25.7 Å². The highest BCUT2D eigenvalue weighted by Crippen LogP contribution is 2.20. The number of hydrogen-bond acceptors (Lipinski definition) is 3. The van der Waals surface area contributed by atoms with E-state index in [1.807, 2.05) is 0 Å². The molecule has 1 aromatic rings. The summed E-state index contributed by atoms with van der Waals surface area (Å²) in [5, 5.41) is 3.20. The van der Waals surface area contributed by atoms with E-state index in [1.54, 1.807) is 13.2 Å². The number of ether oxygens (including phenoxy) is 2. The van der Waals surface area contributed by atoms with Crippen molar-refractivity contribution < 1.29 is 13.9 Å². The van der Waals surface area contributed by atoms with Gasteiger partial charge in [0.25, 0.3) is 0 Å². The van der Waals surface area contributed by atoms with Crippen molar-refractivity contribution in [2.75, 3.05) is 26.9 Å². The molecule has 0 aromatic heterocycles. The molecule has 3 nitrogen and oxygen atoms in total. The Hall–Kier alpha value is -1.13. The average molecular weight is 269 g/mol. The van der Waals surface area contributed by atoms with Crippen molar-refractivity contribution in [3.05, 3.63) is 29.6 Å². The molecule has 4 heteroatoms. The van der Waals surface area contributed by atoms with Gasteiger partial charge in [0.05, 0.1) is 13.2 Å². The Morgan fingerprint density at radius 3 is 2.84 bits per heavy atom. The van der Waals surface area contributed by atoms with Crippen molar-refractivity contribution in [2.24, 2.45) is 5.92 Å². The van der Waals surface area contributed by atoms with E-state index in [-0.39, 0.29) is 5.82 Å². The van der Waals surface area contributed by atoms with Crippen LogP contribution in [0.5, 0.6) is 5.75 Å². The topological polar surface area (TPSA) is 30.5 Å². The molecule has 108 valence electrons. The Balaban J connectivity index is 2.58. The Labute approximate surface area is 115 Å². The number of hydrogen-bond donors (Lipinski definition) is 1. The summed E-state index contributed by atoms with van der Waals surface area (Å²) in [6, 6.07) is 4.65. The lowest BCUT2D eigenvalue weighted by atomic mass is 10.1. The van der Waals surface area contributed by atoms with Crippen LogP contribution < -0.4 is 10.1 Å². The number of benzene rings is 1. The highest BCUT2D eigenvalue weighted by Gasteiger charge is 2.07. The molecule has 0 heterocycles. The molecule has 0 radical (unpaired) electrons. The summed E-state index contributed by atoms with van der Waals surface area (Å²) in [5.41, 5.74) is 0.847. The third-order valence-electron chi connectivity index (χ3n) is 3.04. The van der Waals surface area contributed by atoms with Crippen molar-refractivity contribution in [3.8, 4) is 5.75 Å². The van der Waals surface area contributed by atoms with Crippen LogP contribution in [0.15, 0.2) is 18.2 Å². The molecule has 0 saturated carbocycles. The maximum atomic E-state index is 13.3. The standard InChI is InChI=1S/C15H24FNO2/c1-4-12(2)11-19-15-6-5-14(16)9-13(15)10-17-7-8-18-3/h5-6,9,12,17H,4,7-8,10-11H2,1-3H3. The Bertz CT molecular complexity index is 371. The van der Waals surface area contributed by atoms with E-state index in [0.717, 1.165) is 24.3 Å². The Morgan fingerprint density at radius 2 is 2.16 bits per heavy atom. The maximum Gasteiger partial charge on any atom is 0.123 e. The molecule has 0 amide bonds. The molecular weight excluding hydrogens is 245 g/mol. The van der Waals surface area contributed by atoms with Crippen LogP contribution in [-0.4, -0.2) is 26.9 Å². The second-order valence-electron chi connectivity index (χ2n) is 4.75. The van der Waals surface area contributed by atoms with Gasteiger partial charge in [0.15, 0.2) is 0 Å². The molecule has 1 aromatic carbocycles. The molecule has 1 N–H and O–H groups in total. The highest BCUT2D eigenvalue weighted by atomic mass is 19.1. The summed E-state index contributed by atoms with van der Waals surface area (Å²) in [6.07, 6.45) is 1.07. The lowest BCUT2D eigenvalue weighted by Gasteiger charge is -2.15. The van der Waals surface area contributed by atoms with Crippen molar-refractivity contribution in [3.63, 3.8) is 0 Å². The second kappa shape index (κ2) is 8.88. The van der Waals surface area contributed by atoms with Gasteiger partial charge in [-0.3, -0.25) is 0 Å². The number of methoxy groups -OCH3 is 1. The van der Waals surface area contributed by atoms with Gasteiger partial charge >= 0.3 is 0 Å². The van der Waals surface area contributed by atoms with Crippen LogP contribution in [0.25, 0.3) is 0 Å². The fraction of sp³-hybridized carbons (Fsp3) is 0.600. The third kappa shape index (κ3) is 6.03. The van der Waals surface area contributed by atoms with Gasteiger partial charge in [-0.15, -0.1) is 0 Å². The second-order valence-corrected chi connectivity index (χ2v) is 4.75. The fourth-order valence-electron chi connectivity index (χ4n) is 1.57. The normalized spacial score (nSPS) is 12.4. The summed E-state index contributed by atoms with van der Waals surface area (Å²) in [6.45, 7) is 6.88. The molecule has 0 aliphatic rings. The smallest absolute Gasteiger partial charge is 0.123 e. The molecule has 1 atom stereocenters. The minimum absolute atomic E-state index is 0.237. The first-order valence-corrected chi connectivity index (χ1v) is 6.78.